The molecule has 3 aromatic carbocycles. The molecule has 126 valence electrons. The number of benzene rings is 3. The van der Waals surface area contributed by atoms with Crippen LogP contribution in [0.2, 0.25) is 0 Å². The predicted molar refractivity (Wildman–Crippen MR) is 101 cm³/mol. The van der Waals surface area contributed by atoms with Gasteiger partial charge in [-0.1, -0.05) is 77.1 Å². The molecule has 0 radical (unpaired) electrons. The lowest BCUT2D eigenvalue weighted by Crippen LogP contribution is -1.99. The first-order valence-corrected chi connectivity index (χ1v) is 8.48. The molecular formula is C21H15BrF2O. The van der Waals surface area contributed by atoms with E-state index in [2.05, 4.69) is 22.5 Å². The fraction of sp³-hybridized carbons (Fsp3) is 0.0476. The summed E-state index contributed by atoms with van der Waals surface area (Å²) in [5, 5.41) is 0. The van der Waals surface area contributed by atoms with Gasteiger partial charge in [-0.3, -0.25) is 0 Å². The van der Waals surface area contributed by atoms with Crippen LogP contribution in [-0.2, 0) is 0 Å². The largest absolute Gasteiger partial charge is 0.488 e. The highest BCUT2D eigenvalue weighted by Gasteiger charge is 2.17. The second kappa shape index (κ2) is 7.62. The lowest BCUT2D eigenvalue weighted by Gasteiger charge is -2.17. The Kier molecular flexibility index (Phi) is 5.29. The minimum atomic E-state index is -0.905. The monoisotopic (exact) mass is 400 g/mol. The molecule has 0 aliphatic rings. The first-order valence-electron chi connectivity index (χ1n) is 7.69. The molecule has 0 aliphatic carbocycles. The summed E-state index contributed by atoms with van der Waals surface area (Å²) < 4.78 is 33.6. The SMILES string of the molecule is C=CCOc1c(-c2ccccc2)cccc1-c1cc(F)c(F)cc1Br. The van der Waals surface area contributed by atoms with Gasteiger partial charge in [-0.05, 0) is 17.7 Å². The van der Waals surface area contributed by atoms with Gasteiger partial charge in [0.05, 0.1) is 0 Å². The maximum atomic E-state index is 13.8. The Morgan fingerprint density at radius 3 is 2.28 bits per heavy atom. The molecule has 0 saturated heterocycles. The third kappa shape index (κ3) is 3.64. The number of para-hydroxylation sites is 1. The van der Waals surface area contributed by atoms with E-state index in [1.165, 1.54) is 6.07 Å². The van der Waals surface area contributed by atoms with Crippen LogP contribution in [0.25, 0.3) is 22.3 Å². The van der Waals surface area contributed by atoms with Crippen molar-refractivity contribution in [1.82, 2.24) is 0 Å². The molecule has 0 atom stereocenters. The molecule has 0 saturated carbocycles. The molecule has 0 spiro atoms. The van der Waals surface area contributed by atoms with Gasteiger partial charge in [-0.25, -0.2) is 8.78 Å². The summed E-state index contributed by atoms with van der Waals surface area (Å²) in [4.78, 5) is 0. The molecule has 0 unspecified atom stereocenters. The van der Waals surface area contributed by atoms with Crippen LogP contribution in [0.3, 0.4) is 0 Å². The molecule has 0 aliphatic heterocycles. The maximum absolute atomic E-state index is 13.8. The smallest absolute Gasteiger partial charge is 0.159 e. The van der Waals surface area contributed by atoms with E-state index >= 15 is 0 Å². The average Bonchev–Trinajstić information content (AvgIpc) is 2.63. The molecule has 1 nitrogen and oxygen atoms in total. The van der Waals surface area contributed by atoms with Crippen LogP contribution in [-0.4, -0.2) is 6.61 Å². The van der Waals surface area contributed by atoms with Crippen molar-refractivity contribution < 1.29 is 13.5 Å². The van der Waals surface area contributed by atoms with Crippen molar-refractivity contribution in [3.05, 3.63) is 89.4 Å². The minimum Gasteiger partial charge on any atom is -0.488 e. The normalized spacial score (nSPS) is 10.5. The fourth-order valence-corrected chi connectivity index (χ4v) is 3.15. The van der Waals surface area contributed by atoms with Gasteiger partial charge in [0.2, 0.25) is 0 Å². The average molecular weight is 401 g/mol. The highest BCUT2D eigenvalue weighted by Crippen LogP contribution is 2.42. The lowest BCUT2D eigenvalue weighted by molar-refractivity contribution is 0.366. The third-order valence-electron chi connectivity index (χ3n) is 3.75. The van der Waals surface area contributed by atoms with Crippen molar-refractivity contribution >= 4 is 15.9 Å². The van der Waals surface area contributed by atoms with Crippen molar-refractivity contribution in [1.29, 1.82) is 0 Å². The molecule has 25 heavy (non-hydrogen) atoms. The van der Waals surface area contributed by atoms with Gasteiger partial charge in [0.15, 0.2) is 11.6 Å². The number of ether oxygens (including phenoxy) is 1. The molecule has 0 aromatic heterocycles. The summed E-state index contributed by atoms with van der Waals surface area (Å²) in [6, 6.07) is 17.7. The van der Waals surface area contributed by atoms with E-state index in [0.29, 0.717) is 28.0 Å². The van der Waals surface area contributed by atoms with Gasteiger partial charge < -0.3 is 4.74 Å². The highest BCUT2D eigenvalue weighted by atomic mass is 79.9. The number of rotatable bonds is 5. The standard InChI is InChI=1S/C21H15BrF2O/c1-2-11-25-21-15(14-7-4-3-5-8-14)9-6-10-16(21)17-12-19(23)20(24)13-18(17)22/h2-10,12-13H,1,11H2. The molecule has 0 fully saturated rings. The first kappa shape index (κ1) is 17.4. The molecule has 0 heterocycles. The van der Waals surface area contributed by atoms with Gasteiger partial charge in [-0.2, -0.15) is 0 Å². The van der Waals surface area contributed by atoms with Gasteiger partial charge in [0.25, 0.3) is 0 Å². The lowest BCUT2D eigenvalue weighted by atomic mass is 9.97. The zero-order chi connectivity index (χ0) is 17.8. The summed E-state index contributed by atoms with van der Waals surface area (Å²) in [5.74, 6) is -1.21. The Hall–Kier alpha value is -2.46. The Morgan fingerprint density at radius 2 is 1.56 bits per heavy atom. The highest BCUT2D eigenvalue weighted by molar-refractivity contribution is 9.10. The van der Waals surface area contributed by atoms with Gasteiger partial charge in [0.1, 0.15) is 12.4 Å². The molecule has 0 N–H and O–H groups in total. The summed E-state index contributed by atoms with van der Waals surface area (Å²) in [6.07, 6.45) is 1.64. The van der Waals surface area contributed by atoms with E-state index in [4.69, 9.17) is 4.74 Å². The van der Waals surface area contributed by atoms with Crippen LogP contribution in [0.1, 0.15) is 0 Å². The van der Waals surface area contributed by atoms with Crippen LogP contribution in [0, 0.1) is 11.6 Å². The summed E-state index contributed by atoms with van der Waals surface area (Å²) >= 11 is 3.32. The van der Waals surface area contributed by atoms with Crippen LogP contribution in [0.5, 0.6) is 5.75 Å². The van der Waals surface area contributed by atoms with Gasteiger partial charge in [-0.15, -0.1) is 0 Å². The maximum Gasteiger partial charge on any atom is 0.159 e. The van der Waals surface area contributed by atoms with E-state index in [1.807, 2.05) is 48.5 Å². The number of halogens is 3. The van der Waals surface area contributed by atoms with Crippen molar-refractivity contribution in [2.45, 2.75) is 0 Å². The second-order valence-electron chi connectivity index (χ2n) is 5.39. The minimum absolute atomic E-state index is 0.304. The van der Waals surface area contributed by atoms with E-state index < -0.39 is 11.6 Å². The molecule has 0 amide bonds. The molecular weight excluding hydrogens is 386 g/mol. The van der Waals surface area contributed by atoms with E-state index in [9.17, 15) is 8.78 Å². The molecule has 0 bridgehead atoms. The summed E-state index contributed by atoms with van der Waals surface area (Å²) in [7, 11) is 0. The number of hydrogen-bond acceptors (Lipinski definition) is 1. The third-order valence-corrected chi connectivity index (χ3v) is 4.40. The molecule has 4 heteroatoms. The van der Waals surface area contributed by atoms with Crippen molar-refractivity contribution in [2.24, 2.45) is 0 Å². The summed E-state index contributed by atoms with van der Waals surface area (Å²) in [5.41, 5.74) is 3.04. The summed E-state index contributed by atoms with van der Waals surface area (Å²) in [6.45, 7) is 3.98. The first-order chi connectivity index (χ1) is 12.1. The number of hydrogen-bond donors (Lipinski definition) is 0. The predicted octanol–water partition coefficient (Wildman–Crippen LogP) is 6.63. The Labute approximate surface area is 153 Å². The Morgan fingerprint density at radius 1 is 0.880 bits per heavy atom. The van der Waals surface area contributed by atoms with Crippen molar-refractivity contribution in [2.75, 3.05) is 6.61 Å². The van der Waals surface area contributed by atoms with E-state index in [0.717, 1.165) is 17.2 Å². The van der Waals surface area contributed by atoms with Crippen molar-refractivity contribution in [3.8, 4) is 28.0 Å². The Bertz CT molecular complexity index is 907. The van der Waals surface area contributed by atoms with Crippen LogP contribution in [0.4, 0.5) is 8.78 Å². The zero-order valence-corrected chi connectivity index (χ0v) is 14.9. The second-order valence-corrected chi connectivity index (χ2v) is 6.25. The van der Waals surface area contributed by atoms with Crippen LogP contribution < -0.4 is 4.74 Å². The Balaban J connectivity index is 2.23. The molecule has 3 rings (SSSR count). The van der Waals surface area contributed by atoms with Gasteiger partial charge >= 0.3 is 0 Å². The van der Waals surface area contributed by atoms with Crippen molar-refractivity contribution in [3.63, 3.8) is 0 Å². The quantitative estimate of drug-likeness (QED) is 0.345. The molecule has 3 aromatic rings. The van der Waals surface area contributed by atoms with E-state index in [-0.39, 0.29) is 0 Å². The van der Waals surface area contributed by atoms with Crippen LogP contribution in [0.15, 0.2) is 77.8 Å². The topological polar surface area (TPSA) is 9.23 Å². The van der Waals surface area contributed by atoms with Gasteiger partial charge in [0, 0.05) is 21.2 Å². The zero-order valence-electron chi connectivity index (χ0n) is 13.3. The van der Waals surface area contributed by atoms with Crippen LogP contribution >= 0.6 is 15.9 Å². The van der Waals surface area contributed by atoms with E-state index in [1.54, 1.807) is 6.08 Å². The fourth-order valence-electron chi connectivity index (χ4n) is 2.62.